The van der Waals surface area contributed by atoms with Gasteiger partial charge in [-0.3, -0.25) is 9.78 Å². The number of nitrogen functional groups attached to an aromatic ring is 1. The fourth-order valence-electron chi connectivity index (χ4n) is 1.15. The highest BCUT2D eigenvalue weighted by molar-refractivity contribution is 7.91. The SMILES string of the molecule is CCS(=O)(=O)CCNC(=O)c1cnccc1N.Cl. The van der Waals surface area contributed by atoms with Crippen molar-refractivity contribution in [3.05, 3.63) is 24.0 Å². The molecule has 0 saturated heterocycles. The van der Waals surface area contributed by atoms with Gasteiger partial charge in [-0.25, -0.2) is 8.42 Å². The summed E-state index contributed by atoms with van der Waals surface area (Å²) in [5.41, 5.74) is 6.15. The average molecular weight is 294 g/mol. The van der Waals surface area contributed by atoms with Crippen molar-refractivity contribution in [2.24, 2.45) is 0 Å². The lowest BCUT2D eigenvalue weighted by molar-refractivity contribution is 0.0956. The summed E-state index contributed by atoms with van der Waals surface area (Å²) in [5.74, 6) is -0.422. The molecular weight excluding hydrogens is 278 g/mol. The number of nitrogens with one attached hydrogen (secondary N) is 1. The first-order valence-corrected chi connectivity index (χ1v) is 6.96. The molecule has 0 aromatic carbocycles. The number of sulfone groups is 1. The first-order chi connectivity index (χ1) is 7.96. The molecule has 0 saturated carbocycles. The lowest BCUT2D eigenvalue weighted by Crippen LogP contribution is -2.30. The normalized spacial score (nSPS) is 10.5. The van der Waals surface area contributed by atoms with Gasteiger partial charge in [0.2, 0.25) is 0 Å². The van der Waals surface area contributed by atoms with Crippen LogP contribution in [-0.2, 0) is 9.84 Å². The Hall–Kier alpha value is -1.34. The Bertz CT molecular complexity index is 505. The number of carbonyl (C=O) groups is 1. The zero-order valence-electron chi connectivity index (χ0n) is 9.92. The molecule has 0 atom stereocenters. The summed E-state index contributed by atoms with van der Waals surface area (Å²) in [4.78, 5) is 15.4. The van der Waals surface area contributed by atoms with Crippen LogP contribution in [0.2, 0.25) is 0 Å². The first kappa shape index (κ1) is 16.7. The van der Waals surface area contributed by atoms with Crippen LogP contribution in [0.1, 0.15) is 17.3 Å². The second-order valence-electron chi connectivity index (χ2n) is 3.46. The third kappa shape index (κ3) is 4.89. The quantitative estimate of drug-likeness (QED) is 0.810. The Labute approximate surface area is 112 Å². The number of anilines is 1. The largest absolute Gasteiger partial charge is 0.398 e. The van der Waals surface area contributed by atoms with E-state index in [2.05, 4.69) is 10.3 Å². The van der Waals surface area contributed by atoms with Crippen molar-refractivity contribution >= 4 is 33.8 Å². The summed E-state index contributed by atoms with van der Waals surface area (Å²) >= 11 is 0. The Balaban J connectivity index is 0.00000289. The van der Waals surface area contributed by atoms with E-state index in [1.807, 2.05) is 0 Å². The van der Waals surface area contributed by atoms with Crippen molar-refractivity contribution in [2.45, 2.75) is 6.92 Å². The van der Waals surface area contributed by atoms with Crippen molar-refractivity contribution in [3.8, 4) is 0 Å². The Morgan fingerprint density at radius 2 is 2.17 bits per heavy atom. The van der Waals surface area contributed by atoms with Gasteiger partial charge >= 0.3 is 0 Å². The summed E-state index contributed by atoms with van der Waals surface area (Å²) in [7, 11) is -3.07. The number of hydrogen-bond acceptors (Lipinski definition) is 5. The summed E-state index contributed by atoms with van der Waals surface area (Å²) in [6.45, 7) is 1.64. The van der Waals surface area contributed by atoms with E-state index >= 15 is 0 Å². The molecule has 0 aliphatic carbocycles. The van der Waals surface area contributed by atoms with Crippen LogP contribution in [-0.4, -0.2) is 37.4 Å². The summed E-state index contributed by atoms with van der Waals surface area (Å²) in [5, 5.41) is 2.49. The van der Waals surface area contributed by atoms with E-state index < -0.39 is 15.7 Å². The molecule has 0 aliphatic rings. The van der Waals surface area contributed by atoms with Gasteiger partial charge in [0.1, 0.15) is 0 Å². The molecule has 1 aromatic rings. The zero-order chi connectivity index (χ0) is 12.9. The third-order valence-corrected chi connectivity index (χ3v) is 3.94. The molecule has 1 amide bonds. The number of nitrogens with two attached hydrogens (primary N) is 1. The molecule has 0 radical (unpaired) electrons. The molecule has 1 rings (SSSR count). The molecule has 18 heavy (non-hydrogen) atoms. The molecular formula is C10H16ClN3O3S. The van der Waals surface area contributed by atoms with Crippen molar-refractivity contribution in [2.75, 3.05) is 23.8 Å². The lowest BCUT2D eigenvalue weighted by Gasteiger charge is -2.06. The van der Waals surface area contributed by atoms with Crippen LogP contribution in [0.15, 0.2) is 18.5 Å². The second kappa shape index (κ2) is 7.17. The highest BCUT2D eigenvalue weighted by Gasteiger charge is 2.11. The average Bonchev–Trinajstić information content (AvgIpc) is 2.29. The number of hydrogen-bond donors (Lipinski definition) is 2. The van der Waals surface area contributed by atoms with Crippen LogP contribution in [0, 0.1) is 0 Å². The van der Waals surface area contributed by atoms with E-state index in [1.165, 1.54) is 18.5 Å². The summed E-state index contributed by atoms with van der Waals surface area (Å²) in [6, 6.07) is 1.51. The smallest absolute Gasteiger partial charge is 0.254 e. The van der Waals surface area contributed by atoms with Crippen molar-refractivity contribution in [1.82, 2.24) is 10.3 Å². The van der Waals surface area contributed by atoms with Gasteiger partial charge in [0.15, 0.2) is 9.84 Å². The van der Waals surface area contributed by atoms with Crippen LogP contribution in [0.4, 0.5) is 5.69 Å². The fraction of sp³-hybridized carbons (Fsp3) is 0.400. The molecule has 0 spiro atoms. The minimum Gasteiger partial charge on any atom is -0.398 e. The minimum absolute atomic E-state index is 0. The summed E-state index contributed by atoms with van der Waals surface area (Å²) < 4.78 is 22.4. The number of nitrogens with zero attached hydrogens (tertiary/aromatic N) is 1. The van der Waals surface area contributed by atoms with E-state index in [1.54, 1.807) is 6.92 Å². The molecule has 0 bridgehead atoms. The minimum atomic E-state index is -3.07. The zero-order valence-corrected chi connectivity index (χ0v) is 11.6. The van der Waals surface area contributed by atoms with Crippen LogP contribution in [0.5, 0.6) is 0 Å². The Morgan fingerprint density at radius 3 is 2.72 bits per heavy atom. The van der Waals surface area contributed by atoms with E-state index in [4.69, 9.17) is 5.73 Å². The standard InChI is InChI=1S/C10H15N3O3S.ClH/c1-2-17(15,16)6-5-13-10(14)8-7-12-4-3-9(8)11;/h3-4,7H,2,5-6H2,1H3,(H2,11,12)(H,13,14);1H. The molecule has 1 aromatic heterocycles. The van der Waals surface area contributed by atoms with Gasteiger partial charge in [-0.15, -0.1) is 12.4 Å². The second-order valence-corrected chi connectivity index (χ2v) is 5.93. The number of halogens is 1. The van der Waals surface area contributed by atoms with Gasteiger partial charge in [-0.1, -0.05) is 6.92 Å². The Kier molecular flexibility index (Phi) is 6.64. The van der Waals surface area contributed by atoms with Crippen LogP contribution in [0.25, 0.3) is 0 Å². The maximum absolute atomic E-state index is 11.6. The molecule has 102 valence electrons. The van der Waals surface area contributed by atoms with Crippen molar-refractivity contribution < 1.29 is 13.2 Å². The molecule has 3 N–H and O–H groups in total. The first-order valence-electron chi connectivity index (χ1n) is 5.14. The lowest BCUT2D eigenvalue weighted by atomic mass is 10.2. The fourth-order valence-corrected chi connectivity index (χ4v) is 1.86. The molecule has 0 fully saturated rings. The molecule has 0 unspecified atom stereocenters. The van der Waals surface area contributed by atoms with Gasteiger partial charge in [0, 0.05) is 30.4 Å². The maximum atomic E-state index is 11.6. The number of aromatic nitrogens is 1. The van der Waals surface area contributed by atoms with Crippen molar-refractivity contribution in [3.63, 3.8) is 0 Å². The van der Waals surface area contributed by atoms with Gasteiger partial charge in [0.05, 0.1) is 11.3 Å². The van der Waals surface area contributed by atoms with E-state index in [0.717, 1.165) is 0 Å². The predicted molar refractivity (Wildman–Crippen MR) is 72.6 cm³/mol. The van der Waals surface area contributed by atoms with E-state index in [-0.39, 0.29) is 36.0 Å². The number of rotatable bonds is 5. The monoisotopic (exact) mass is 293 g/mol. The van der Waals surface area contributed by atoms with E-state index in [9.17, 15) is 13.2 Å². The highest BCUT2D eigenvalue weighted by atomic mass is 35.5. The van der Waals surface area contributed by atoms with E-state index in [0.29, 0.717) is 5.69 Å². The van der Waals surface area contributed by atoms with Gasteiger partial charge in [0.25, 0.3) is 5.91 Å². The number of carbonyl (C=O) groups excluding carboxylic acids is 1. The maximum Gasteiger partial charge on any atom is 0.254 e. The van der Waals surface area contributed by atoms with Crippen LogP contribution < -0.4 is 11.1 Å². The van der Waals surface area contributed by atoms with Gasteiger partial charge in [-0.05, 0) is 6.07 Å². The van der Waals surface area contributed by atoms with Crippen molar-refractivity contribution in [1.29, 1.82) is 0 Å². The topological polar surface area (TPSA) is 102 Å². The molecule has 0 aliphatic heterocycles. The summed E-state index contributed by atoms with van der Waals surface area (Å²) in [6.07, 6.45) is 2.83. The highest BCUT2D eigenvalue weighted by Crippen LogP contribution is 2.07. The number of pyridine rings is 1. The predicted octanol–water partition coefficient (Wildman–Crippen LogP) is 0.250. The molecule has 1 heterocycles. The van der Waals surface area contributed by atoms with Crippen LogP contribution in [0.3, 0.4) is 0 Å². The third-order valence-electron chi connectivity index (χ3n) is 2.24. The Morgan fingerprint density at radius 1 is 1.50 bits per heavy atom. The van der Waals surface area contributed by atoms with Gasteiger partial charge < -0.3 is 11.1 Å². The molecule has 8 heteroatoms. The van der Waals surface area contributed by atoms with Gasteiger partial charge in [-0.2, -0.15) is 0 Å². The van der Waals surface area contributed by atoms with Crippen LogP contribution >= 0.6 is 12.4 Å². The number of amides is 1. The molecule has 6 nitrogen and oxygen atoms in total.